The maximum atomic E-state index is 11.8. The van der Waals surface area contributed by atoms with Gasteiger partial charge in [-0.1, -0.05) is 26.0 Å². The first-order valence-corrected chi connectivity index (χ1v) is 7.06. The van der Waals surface area contributed by atoms with Gasteiger partial charge in [0.15, 0.2) is 0 Å². The number of nitrogens with two attached hydrogens (primary N) is 1. The minimum absolute atomic E-state index is 0.177. The van der Waals surface area contributed by atoms with Crippen LogP contribution in [0.1, 0.15) is 27.2 Å². The van der Waals surface area contributed by atoms with Gasteiger partial charge in [-0.25, -0.2) is 0 Å². The Morgan fingerprint density at radius 2 is 2.00 bits per heavy atom. The molecule has 0 aliphatic carbocycles. The van der Waals surface area contributed by atoms with Gasteiger partial charge in [0.2, 0.25) is 0 Å². The molecule has 0 amide bonds. The third-order valence-corrected chi connectivity index (χ3v) is 3.67. The van der Waals surface area contributed by atoms with Gasteiger partial charge in [0, 0.05) is 10.6 Å². The van der Waals surface area contributed by atoms with E-state index in [1.807, 2.05) is 31.2 Å². The maximum Gasteiger partial charge on any atom is 0.319 e. The van der Waals surface area contributed by atoms with Crippen LogP contribution < -0.4 is 5.73 Å². The molecule has 18 heavy (non-hydrogen) atoms. The lowest BCUT2D eigenvalue weighted by Crippen LogP contribution is -2.18. The van der Waals surface area contributed by atoms with Crippen LogP contribution >= 0.6 is 11.8 Å². The number of nitrogen functional groups attached to an aromatic ring is 1. The molecule has 1 unspecified atom stereocenters. The summed E-state index contributed by atoms with van der Waals surface area (Å²) in [7, 11) is 0. The second kappa shape index (κ2) is 7.31. The molecule has 4 heteroatoms. The molecule has 1 rings (SSSR count). The zero-order valence-electron chi connectivity index (χ0n) is 11.2. The number of benzene rings is 1. The van der Waals surface area contributed by atoms with Gasteiger partial charge in [-0.15, -0.1) is 11.8 Å². The van der Waals surface area contributed by atoms with E-state index in [0.29, 0.717) is 18.2 Å². The Kier molecular flexibility index (Phi) is 6.05. The number of ether oxygens (including phenoxy) is 1. The maximum absolute atomic E-state index is 11.8. The molecule has 0 bridgehead atoms. The second-order valence-corrected chi connectivity index (χ2v) is 6.03. The van der Waals surface area contributed by atoms with Crippen LogP contribution in [0.15, 0.2) is 29.2 Å². The third-order valence-electron chi connectivity index (χ3n) is 2.49. The molecular weight excluding hydrogens is 246 g/mol. The Balaban J connectivity index is 2.43. The monoisotopic (exact) mass is 267 g/mol. The van der Waals surface area contributed by atoms with Crippen molar-refractivity contribution < 1.29 is 9.53 Å². The van der Waals surface area contributed by atoms with Crippen LogP contribution in [0.5, 0.6) is 0 Å². The van der Waals surface area contributed by atoms with Crippen molar-refractivity contribution in [1.29, 1.82) is 0 Å². The van der Waals surface area contributed by atoms with E-state index in [-0.39, 0.29) is 11.2 Å². The fourth-order valence-electron chi connectivity index (χ4n) is 1.34. The molecule has 1 atom stereocenters. The highest BCUT2D eigenvalue weighted by molar-refractivity contribution is 8.00. The van der Waals surface area contributed by atoms with Crippen molar-refractivity contribution in [2.45, 2.75) is 37.3 Å². The van der Waals surface area contributed by atoms with E-state index in [1.54, 1.807) is 0 Å². The Hall–Kier alpha value is -1.16. The van der Waals surface area contributed by atoms with Crippen molar-refractivity contribution in [2.24, 2.45) is 5.92 Å². The van der Waals surface area contributed by atoms with Gasteiger partial charge in [-0.2, -0.15) is 0 Å². The molecule has 1 aromatic carbocycles. The lowest BCUT2D eigenvalue weighted by molar-refractivity contribution is -0.142. The highest BCUT2D eigenvalue weighted by Gasteiger charge is 2.16. The number of carbonyl (C=O) groups excluding carboxylic acids is 1. The highest BCUT2D eigenvalue weighted by Crippen LogP contribution is 2.28. The predicted octanol–water partition coefficient (Wildman–Crippen LogP) is 3.34. The fraction of sp³-hybridized carbons (Fsp3) is 0.500. The number of carbonyl (C=O) groups is 1. The summed E-state index contributed by atoms with van der Waals surface area (Å²) in [6.07, 6.45) is 0.899. The summed E-state index contributed by atoms with van der Waals surface area (Å²) in [6.45, 7) is 6.55. The zero-order chi connectivity index (χ0) is 13.5. The minimum Gasteiger partial charge on any atom is -0.465 e. The van der Waals surface area contributed by atoms with Gasteiger partial charge in [0.1, 0.15) is 5.25 Å². The standard InChI is InChI=1S/C14H21NO2S/c1-10(2)8-9-17-14(16)11(3)18-13-7-5-4-6-12(13)15/h4-7,10-11H,8-9,15H2,1-3H3. The lowest BCUT2D eigenvalue weighted by Gasteiger charge is -2.13. The second-order valence-electron chi connectivity index (χ2n) is 4.65. The molecule has 0 saturated carbocycles. The van der Waals surface area contributed by atoms with Crippen LogP contribution in [0, 0.1) is 5.92 Å². The largest absolute Gasteiger partial charge is 0.465 e. The summed E-state index contributed by atoms with van der Waals surface area (Å²) in [4.78, 5) is 12.7. The molecule has 0 fully saturated rings. The first-order valence-electron chi connectivity index (χ1n) is 6.18. The Morgan fingerprint density at radius 1 is 1.33 bits per heavy atom. The number of thioether (sulfide) groups is 1. The van der Waals surface area contributed by atoms with Crippen LogP contribution in [0.4, 0.5) is 5.69 Å². The molecule has 1 aromatic rings. The first kappa shape index (κ1) is 14.9. The number of rotatable bonds is 6. The average Bonchev–Trinajstić information content (AvgIpc) is 2.31. The van der Waals surface area contributed by atoms with Crippen molar-refractivity contribution >= 4 is 23.4 Å². The molecule has 100 valence electrons. The van der Waals surface area contributed by atoms with E-state index in [1.165, 1.54) is 11.8 Å². The summed E-state index contributed by atoms with van der Waals surface area (Å²) in [6, 6.07) is 7.54. The Labute approximate surface area is 113 Å². The lowest BCUT2D eigenvalue weighted by atomic mass is 10.1. The molecule has 0 heterocycles. The summed E-state index contributed by atoms with van der Waals surface area (Å²) >= 11 is 1.44. The molecule has 0 radical (unpaired) electrons. The van der Waals surface area contributed by atoms with E-state index in [0.717, 1.165) is 11.3 Å². The SMILES string of the molecule is CC(C)CCOC(=O)C(C)Sc1ccccc1N. The van der Waals surface area contributed by atoms with Crippen LogP contribution in [0.2, 0.25) is 0 Å². The number of hydrogen-bond acceptors (Lipinski definition) is 4. The molecule has 0 aliphatic heterocycles. The van der Waals surface area contributed by atoms with E-state index < -0.39 is 0 Å². The first-order chi connectivity index (χ1) is 8.50. The van der Waals surface area contributed by atoms with E-state index >= 15 is 0 Å². The molecule has 0 aliphatic rings. The minimum atomic E-state index is -0.234. The molecular formula is C14H21NO2S. The Bertz CT molecular complexity index is 393. The summed E-state index contributed by atoms with van der Waals surface area (Å²) in [5.41, 5.74) is 6.53. The molecule has 2 N–H and O–H groups in total. The third kappa shape index (κ3) is 5.00. The average molecular weight is 267 g/mol. The summed E-state index contributed by atoms with van der Waals surface area (Å²) < 4.78 is 5.23. The number of anilines is 1. The predicted molar refractivity (Wildman–Crippen MR) is 76.6 cm³/mol. The van der Waals surface area contributed by atoms with Gasteiger partial charge < -0.3 is 10.5 Å². The number of hydrogen-bond donors (Lipinski definition) is 1. The zero-order valence-corrected chi connectivity index (χ0v) is 12.0. The Morgan fingerprint density at radius 3 is 2.61 bits per heavy atom. The molecule has 0 spiro atoms. The van der Waals surface area contributed by atoms with Gasteiger partial charge in [-0.3, -0.25) is 4.79 Å². The molecule has 0 aromatic heterocycles. The van der Waals surface area contributed by atoms with Crippen molar-refractivity contribution in [3.63, 3.8) is 0 Å². The van der Waals surface area contributed by atoms with Crippen LogP contribution in [-0.2, 0) is 9.53 Å². The summed E-state index contributed by atoms with van der Waals surface area (Å²) in [5.74, 6) is 0.370. The van der Waals surface area contributed by atoms with Crippen LogP contribution in [0.25, 0.3) is 0 Å². The quantitative estimate of drug-likeness (QED) is 0.488. The molecule has 0 saturated heterocycles. The topological polar surface area (TPSA) is 52.3 Å². The van der Waals surface area contributed by atoms with E-state index in [2.05, 4.69) is 13.8 Å². The van der Waals surface area contributed by atoms with Crippen LogP contribution in [0.3, 0.4) is 0 Å². The van der Waals surface area contributed by atoms with Crippen molar-refractivity contribution in [3.8, 4) is 0 Å². The van der Waals surface area contributed by atoms with Crippen molar-refractivity contribution in [2.75, 3.05) is 12.3 Å². The van der Waals surface area contributed by atoms with Crippen LogP contribution in [-0.4, -0.2) is 17.8 Å². The molecule has 3 nitrogen and oxygen atoms in total. The normalized spacial score (nSPS) is 12.4. The summed E-state index contributed by atoms with van der Waals surface area (Å²) in [5, 5.41) is -0.234. The van der Waals surface area contributed by atoms with Gasteiger partial charge >= 0.3 is 5.97 Å². The fourth-order valence-corrected chi connectivity index (χ4v) is 2.25. The van der Waals surface area contributed by atoms with E-state index in [9.17, 15) is 4.79 Å². The van der Waals surface area contributed by atoms with Gasteiger partial charge in [0.05, 0.1) is 6.61 Å². The van der Waals surface area contributed by atoms with E-state index in [4.69, 9.17) is 10.5 Å². The van der Waals surface area contributed by atoms with Crippen molar-refractivity contribution in [1.82, 2.24) is 0 Å². The van der Waals surface area contributed by atoms with Gasteiger partial charge in [0.25, 0.3) is 0 Å². The van der Waals surface area contributed by atoms with Crippen molar-refractivity contribution in [3.05, 3.63) is 24.3 Å². The number of esters is 1. The smallest absolute Gasteiger partial charge is 0.319 e. The number of para-hydroxylation sites is 1. The van der Waals surface area contributed by atoms with Gasteiger partial charge in [-0.05, 0) is 31.4 Å². The highest BCUT2D eigenvalue weighted by atomic mass is 32.2.